The number of hydrogen-bond acceptors (Lipinski definition) is 7. The zero-order valence-corrected chi connectivity index (χ0v) is 18.3. The second-order valence-corrected chi connectivity index (χ2v) is 7.53. The fraction of sp³-hybridized carbons (Fsp3) is 0.167. The van der Waals surface area contributed by atoms with Gasteiger partial charge in [0.15, 0.2) is 12.2 Å². The third-order valence-corrected chi connectivity index (χ3v) is 5.07. The van der Waals surface area contributed by atoms with Gasteiger partial charge in [-0.15, -0.1) is 0 Å². The number of aliphatic carboxylic acids is 1. The number of rotatable bonds is 8. The summed E-state index contributed by atoms with van der Waals surface area (Å²) in [6.07, 6.45) is 1.51. The first kappa shape index (κ1) is 22.1. The molecule has 0 aliphatic heterocycles. The molecular weight excluding hydrogens is 446 g/mol. The minimum absolute atomic E-state index is 0.224. The van der Waals surface area contributed by atoms with Crippen LogP contribution in [0.5, 0.6) is 17.4 Å². The lowest BCUT2D eigenvalue weighted by molar-refractivity contribution is -0.139. The summed E-state index contributed by atoms with van der Waals surface area (Å²) in [4.78, 5) is 15.5. The fourth-order valence-electron chi connectivity index (χ4n) is 3.28. The van der Waals surface area contributed by atoms with Gasteiger partial charge in [-0.25, -0.2) is 9.78 Å². The average Bonchev–Trinajstić information content (AvgIpc) is 3.20. The van der Waals surface area contributed by atoms with Gasteiger partial charge in [-0.1, -0.05) is 30.1 Å². The standard InChI is InChI=1S/C24H18ClN3O5/c1-2-3-19-16(8-9-22(27-19)32-15-6-4-14(12-26)5-7-15)24-17-10-21(31-13-23(29)30)18(25)11-20(17)33-28-24/h4-11H,2-3,13H2,1H3,(H,29,30). The third-order valence-electron chi connectivity index (χ3n) is 4.77. The van der Waals surface area contributed by atoms with Crippen LogP contribution in [-0.4, -0.2) is 27.8 Å². The Kier molecular flexibility index (Phi) is 6.43. The van der Waals surface area contributed by atoms with Gasteiger partial charge in [0.2, 0.25) is 5.88 Å². The van der Waals surface area contributed by atoms with Crippen LogP contribution in [0, 0.1) is 11.3 Å². The summed E-state index contributed by atoms with van der Waals surface area (Å²) in [5, 5.41) is 22.9. The van der Waals surface area contributed by atoms with Crippen LogP contribution in [0.4, 0.5) is 0 Å². The van der Waals surface area contributed by atoms with Gasteiger partial charge in [0.1, 0.15) is 17.2 Å². The maximum Gasteiger partial charge on any atom is 0.341 e. The van der Waals surface area contributed by atoms with E-state index in [1.54, 1.807) is 42.5 Å². The fourth-order valence-corrected chi connectivity index (χ4v) is 3.49. The van der Waals surface area contributed by atoms with Crippen molar-refractivity contribution in [3.05, 3.63) is 64.8 Å². The highest BCUT2D eigenvalue weighted by molar-refractivity contribution is 6.32. The Balaban J connectivity index is 1.70. The highest BCUT2D eigenvalue weighted by Gasteiger charge is 2.19. The van der Waals surface area contributed by atoms with E-state index in [0.29, 0.717) is 40.3 Å². The summed E-state index contributed by atoms with van der Waals surface area (Å²) in [7, 11) is 0. The molecule has 1 N–H and O–H groups in total. The maximum atomic E-state index is 10.9. The van der Waals surface area contributed by atoms with Crippen LogP contribution in [0.2, 0.25) is 5.02 Å². The molecule has 0 fully saturated rings. The van der Waals surface area contributed by atoms with E-state index < -0.39 is 12.6 Å². The Morgan fingerprint density at radius 1 is 1.21 bits per heavy atom. The van der Waals surface area contributed by atoms with E-state index in [-0.39, 0.29) is 10.8 Å². The summed E-state index contributed by atoms with van der Waals surface area (Å²) in [6, 6.07) is 15.6. The summed E-state index contributed by atoms with van der Waals surface area (Å²) in [5.41, 5.74) is 3.05. The van der Waals surface area contributed by atoms with Gasteiger partial charge < -0.3 is 19.1 Å². The van der Waals surface area contributed by atoms with Crippen LogP contribution in [0.25, 0.3) is 22.2 Å². The number of hydrogen-bond donors (Lipinski definition) is 1. The van der Waals surface area contributed by atoms with Gasteiger partial charge in [-0.05, 0) is 42.8 Å². The molecule has 0 unspecified atom stereocenters. The number of carboxylic acid groups (broad SMARTS) is 1. The van der Waals surface area contributed by atoms with Gasteiger partial charge in [0.05, 0.1) is 27.7 Å². The minimum Gasteiger partial charge on any atom is -0.480 e. The predicted octanol–water partition coefficient (Wildman–Crippen LogP) is 5.62. The zero-order chi connectivity index (χ0) is 23.4. The smallest absolute Gasteiger partial charge is 0.341 e. The molecule has 0 saturated carbocycles. The summed E-state index contributed by atoms with van der Waals surface area (Å²) in [5.74, 6) is 0.0949. The first-order valence-corrected chi connectivity index (χ1v) is 10.5. The Morgan fingerprint density at radius 2 is 2.00 bits per heavy atom. The van der Waals surface area contributed by atoms with Gasteiger partial charge in [0.25, 0.3) is 0 Å². The molecule has 4 rings (SSSR count). The molecule has 8 nitrogen and oxygen atoms in total. The van der Waals surface area contributed by atoms with Crippen LogP contribution in [0.1, 0.15) is 24.6 Å². The van der Waals surface area contributed by atoms with Gasteiger partial charge >= 0.3 is 5.97 Å². The first-order chi connectivity index (χ1) is 16.0. The molecule has 2 heterocycles. The topological polar surface area (TPSA) is 118 Å². The first-order valence-electron chi connectivity index (χ1n) is 10.1. The Morgan fingerprint density at radius 3 is 2.70 bits per heavy atom. The number of carbonyl (C=O) groups is 1. The molecule has 0 saturated heterocycles. The second-order valence-electron chi connectivity index (χ2n) is 7.12. The summed E-state index contributed by atoms with van der Waals surface area (Å²) in [6.45, 7) is 1.52. The summed E-state index contributed by atoms with van der Waals surface area (Å²) < 4.78 is 16.6. The number of nitriles is 1. The average molecular weight is 464 g/mol. The normalized spacial score (nSPS) is 10.7. The quantitative estimate of drug-likeness (QED) is 0.357. The summed E-state index contributed by atoms with van der Waals surface area (Å²) >= 11 is 6.19. The van der Waals surface area contributed by atoms with Gasteiger partial charge in [0, 0.05) is 17.7 Å². The lowest BCUT2D eigenvalue weighted by Crippen LogP contribution is -2.09. The van der Waals surface area contributed by atoms with E-state index in [4.69, 9.17) is 36.0 Å². The Labute approximate surface area is 193 Å². The monoisotopic (exact) mass is 463 g/mol. The van der Waals surface area contributed by atoms with Crippen molar-refractivity contribution < 1.29 is 23.9 Å². The number of halogens is 1. The van der Waals surface area contributed by atoms with E-state index in [1.807, 2.05) is 13.0 Å². The lowest BCUT2D eigenvalue weighted by Gasteiger charge is -2.10. The third kappa shape index (κ3) is 4.89. The predicted molar refractivity (Wildman–Crippen MR) is 121 cm³/mol. The molecule has 2 aromatic heterocycles. The largest absolute Gasteiger partial charge is 0.480 e. The molecule has 0 atom stereocenters. The number of fused-ring (bicyclic) bond motifs is 1. The lowest BCUT2D eigenvalue weighted by atomic mass is 10.0. The van der Waals surface area contributed by atoms with Crippen molar-refractivity contribution in [2.45, 2.75) is 19.8 Å². The van der Waals surface area contributed by atoms with Crippen LogP contribution >= 0.6 is 11.6 Å². The molecule has 0 bridgehead atoms. The van der Waals surface area contributed by atoms with Gasteiger partial charge in [-0.3, -0.25) is 0 Å². The molecule has 0 amide bonds. The molecule has 0 spiro atoms. The highest BCUT2D eigenvalue weighted by Crippen LogP contribution is 2.37. The molecule has 2 aromatic carbocycles. The van der Waals surface area contributed by atoms with Crippen LogP contribution < -0.4 is 9.47 Å². The van der Waals surface area contributed by atoms with E-state index >= 15 is 0 Å². The molecule has 0 aliphatic carbocycles. The number of nitrogens with zero attached hydrogens (tertiary/aromatic N) is 3. The van der Waals surface area contributed by atoms with Crippen LogP contribution in [0.15, 0.2) is 53.1 Å². The van der Waals surface area contributed by atoms with Crippen molar-refractivity contribution in [2.75, 3.05) is 6.61 Å². The molecule has 0 aliphatic rings. The number of aryl methyl sites for hydroxylation is 1. The SMILES string of the molecule is CCCc1nc(Oc2ccc(C#N)cc2)ccc1-c1noc2cc(Cl)c(OCC(=O)O)cc12. The molecule has 0 radical (unpaired) electrons. The van der Waals surface area contributed by atoms with Crippen molar-refractivity contribution >= 4 is 28.5 Å². The molecule has 9 heteroatoms. The Hall–Kier alpha value is -4.09. The second kappa shape index (κ2) is 9.59. The van der Waals surface area contributed by atoms with Gasteiger partial charge in [-0.2, -0.15) is 5.26 Å². The highest BCUT2D eigenvalue weighted by atomic mass is 35.5. The van der Waals surface area contributed by atoms with Crippen LogP contribution in [0.3, 0.4) is 0 Å². The molecule has 4 aromatic rings. The van der Waals surface area contributed by atoms with Crippen LogP contribution in [-0.2, 0) is 11.2 Å². The van der Waals surface area contributed by atoms with Crippen molar-refractivity contribution in [1.29, 1.82) is 5.26 Å². The van der Waals surface area contributed by atoms with E-state index in [0.717, 1.165) is 17.7 Å². The van der Waals surface area contributed by atoms with E-state index in [1.165, 1.54) is 0 Å². The zero-order valence-electron chi connectivity index (χ0n) is 17.5. The number of carboxylic acids is 1. The number of aromatic nitrogens is 2. The minimum atomic E-state index is -1.11. The van der Waals surface area contributed by atoms with Crippen molar-refractivity contribution in [3.8, 4) is 34.7 Å². The number of ether oxygens (including phenoxy) is 2. The molecule has 33 heavy (non-hydrogen) atoms. The van der Waals surface area contributed by atoms with Crippen molar-refractivity contribution in [1.82, 2.24) is 10.1 Å². The number of benzene rings is 2. The molecule has 166 valence electrons. The van der Waals surface area contributed by atoms with Crippen molar-refractivity contribution in [3.63, 3.8) is 0 Å². The maximum absolute atomic E-state index is 10.9. The van der Waals surface area contributed by atoms with E-state index in [9.17, 15) is 4.79 Å². The molecular formula is C24H18ClN3O5. The Bertz CT molecular complexity index is 1360. The van der Waals surface area contributed by atoms with Crippen molar-refractivity contribution in [2.24, 2.45) is 0 Å². The number of pyridine rings is 1. The van der Waals surface area contributed by atoms with E-state index in [2.05, 4.69) is 16.2 Å².